The van der Waals surface area contributed by atoms with Gasteiger partial charge in [-0.15, -0.1) is 0 Å². The zero-order valence-electron chi connectivity index (χ0n) is 18.6. The number of hydrogen-bond donors (Lipinski definition) is 2. The van der Waals surface area contributed by atoms with Gasteiger partial charge in [0.2, 0.25) is 0 Å². The van der Waals surface area contributed by atoms with Crippen molar-refractivity contribution in [1.29, 1.82) is 0 Å². The lowest BCUT2D eigenvalue weighted by molar-refractivity contribution is -0.0685. The monoisotopic (exact) mass is 408 g/mol. The normalized spacial score (nSPS) is 44.1. The lowest BCUT2D eigenvalue weighted by Gasteiger charge is -2.57. The molecule has 5 rings (SSSR count). The molecule has 3 saturated carbocycles. The summed E-state index contributed by atoms with van der Waals surface area (Å²) in [5, 5.41) is 21.6. The Kier molecular flexibility index (Phi) is 4.91. The largest absolute Gasteiger partial charge is 0.497 e. The molecule has 0 radical (unpaired) electrons. The summed E-state index contributed by atoms with van der Waals surface area (Å²) in [6.45, 7) is 4.79. The van der Waals surface area contributed by atoms with Crippen LogP contribution in [0.25, 0.3) is 6.08 Å². The van der Waals surface area contributed by atoms with Gasteiger partial charge in [0, 0.05) is 5.41 Å². The predicted molar refractivity (Wildman–Crippen MR) is 120 cm³/mol. The first-order chi connectivity index (χ1) is 14.3. The maximum Gasteiger partial charge on any atom is 0.118 e. The highest BCUT2D eigenvalue weighted by molar-refractivity contribution is 5.56. The second kappa shape index (κ2) is 7.24. The van der Waals surface area contributed by atoms with Gasteiger partial charge >= 0.3 is 0 Å². The summed E-state index contributed by atoms with van der Waals surface area (Å²) in [6, 6.07) is 8.14. The van der Waals surface area contributed by atoms with Crippen LogP contribution in [-0.2, 0) is 0 Å². The topological polar surface area (TPSA) is 49.7 Å². The molecule has 0 heterocycles. The Morgan fingerprint density at radius 3 is 2.50 bits per heavy atom. The number of rotatable bonds is 2. The summed E-state index contributed by atoms with van der Waals surface area (Å²) < 4.78 is 5.28. The first-order valence-electron chi connectivity index (χ1n) is 11.8. The van der Waals surface area contributed by atoms with Crippen LogP contribution in [0, 0.1) is 28.6 Å². The SMILES string of the molecule is COc1ccc(/C=C2/C[C@@H]3[C@H]4CC=C5C[C@@H](O)CC[C@]5(C)[C@@H]4CC[C@]3(C)[C@@H]2O)cc1. The molecule has 0 aromatic heterocycles. The minimum absolute atomic E-state index is 0.0185. The summed E-state index contributed by atoms with van der Waals surface area (Å²) in [6.07, 6.45) is 11.5. The van der Waals surface area contributed by atoms with E-state index in [4.69, 9.17) is 4.74 Å². The molecular weight excluding hydrogens is 372 g/mol. The van der Waals surface area contributed by atoms with Crippen LogP contribution >= 0.6 is 0 Å². The summed E-state index contributed by atoms with van der Waals surface area (Å²) in [7, 11) is 1.69. The third-order valence-electron chi connectivity index (χ3n) is 9.41. The third-order valence-corrected chi connectivity index (χ3v) is 9.41. The predicted octanol–water partition coefficient (Wildman–Crippen LogP) is 5.37. The van der Waals surface area contributed by atoms with Crippen molar-refractivity contribution in [3.63, 3.8) is 0 Å². The second-order valence-corrected chi connectivity index (χ2v) is 10.8. The Labute approximate surface area is 180 Å². The van der Waals surface area contributed by atoms with E-state index in [1.807, 2.05) is 12.1 Å². The van der Waals surface area contributed by atoms with Crippen LogP contribution in [0.2, 0.25) is 0 Å². The fourth-order valence-electron chi connectivity index (χ4n) is 7.55. The maximum absolute atomic E-state index is 11.4. The number of aliphatic hydroxyl groups excluding tert-OH is 2. The van der Waals surface area contributed by atoms with Crippen molar-refractivity contribution in [2.75, 3.05) is 7.11 Å². The number of fused-ring (bicyclic) bond motifs is 5. The molecule has 3 heteroatoms. The Hall–Kier alpha value is -1.58. The standard InChI is InChI=1S/C27H36O3/c1-26-12-10-20(28)16-19(26)6-9-22-23(26)11-13-27(2)24(22)15-18(25(27)29)14-17-4-7-21(30-3)8-5-17/h4-8,14,20,22-25,28-29H,9-13,15-16H2,1-3H3/b18-14-/t20-,22-,23+,24+,25+,26-,27-/m0/s1. The average molecular weight is 409 g/mol. The van der Waals surface area contributed by atoms with Gasteiger partial charge in [-0.3, -0.25) is 0 Å². The smallest absolute Gasteiger partial charge is 0.118 e. The summed E-state index contributed by atoms with van der Waals surface area (Å²) in [5.41, 5.74) is 4.08. The molecule has 1 aromatic rings. The van der Waals surface area contributed by atoms with Gasteiger partial charge in [-0.2, -0.15) is 0 Å². The second-order valence-electron chi connectivity index (χ2n) is 10.8. The van der Waals surface area contributed by atoms with E-state index in [1.54, 1.807) is 7.11 Å². The molecule has 0 spiro atoms. The highest BCUT2D eigenvalue weighted by Crippen LogP contribution is 2.65. The van der Waals surface area contributed by atoms with E-state index >= 15 is 0 Å². The number of aliphatic hydroxyl groups is 2. The van der Waals surface area contributed by atoms with Crippen LogP contribution in [0.5, 0.6) is 5.75 Å². The van der Waals surface area contributed by atoms with E-state index in [0.717, 1.165) is 49.8 Å². The minimum Gasteiger partial charge on any atom is -0.497 e. The molecule has 1 aromatic carbocycles. The van der Waals surface area contributed by atoms with Gasteiger partial charge in [0.1, 0.15) is 5.75 Å². The van der Waals surface area contributed by atoms with E-state index < -0.39 is 0 Å². The van der Waals surface area contributed by atoms with Crippen LogP contribution in [0.3, 0.4) is 0 Å². The zero-order valence-corrected chi connectivity index (χ0v) is 18.6. The summed E-state index contributed by atoms with van der Waals surface area (Å²) in [4.78, 5) is 0. The molecule has 0 saturated heterocycles. The molecule has 0 unspecified atom stereocenters. The summed E-state index contributed by atoms with van der Waals surface area (Å²) in [5.74, 6) is 2.74. The van der Waals surface area contributed by atoms with Crippen LogP contribution in [0.1, 0.15) is 64.4 Å². The van der Waals surface area contributed by atoms with E-state index in [1.165, 1.54) is 17.6 Å². The molecule has 3 nitrogen and oxygen atoms in total. The molecular formula is C27H36O3. The molecule has 162 valence electrons. The maximum atomic E-state index is 11.4. The van der Waals surface area contributed by atoms with E-state index in [0.29, 0.717) is 17.8 Å². The fraction of sp³-hybridized carbons (Fsp3) is 0.630. The molecule has 4 aliphatic carbocycles. The Morgan fingerprint density at radius 2 is 1.77 bits per heavy atom. The van der Waals surface area contributed by atoms with Crippen molar-refractivity contribution in [1.82, 2.24) is 0 Å². The summed E-state index contributed by atoms with van der Waals surface area (Å²) >= 11 is 0. The van der Waals surface area contributed by atoms with Gasteiger partial charge < -0.3 is 14.9 Å². The number of benzene rings is 1. The van der Waals surface area contributed by atoms with Gasteiger partial charge in [-0.1, -0.05) is 43.7 Å². The van der Waals surface area contributed by atoms with Crippen LogP contribution in [0.15, 0.2) is 41.5 Å². The quantitative estimate of drug-likeness (QED) is 0.647. The van der Waals surface area contributed by atoms with Gasteiger partial charge in [-0.25, -0.2) is 0 Å². The van der Waals surface area contributed by atoms with Crippen molar-refractivity contribution in [2.45, 2.75) is 71.0 Å². The van der Waals surface area contributed by atoms with Crippen molar-refractivity contribution in [3.05, 3.63) is 47.1 Å². The molecule has 4 aliphatic rings. The van der Waals surface area contributed by atoms with Gasteiger partial charge in [0.25, 0.3) is 0 Å². The Bertz CT molecular complexity index is 869. The highest BCUT2D eigenvalue weighted by Gasteiger charge is 2.59. The van der Waals surface area contributed by atoms with Crippen LogP contribution in [-0.4, -0.2) is 29.5 Å². The van der Waals surface area contributed by atoms with Crippen molar-refractivity contribution >= 4 is 6.08 Å². The van der Waals surface area contributed by atoms with E-state index in [9.17, 15) is 10.2 Å². The Morgan fingerprint density at radius 1 is 1.00 bits per heavy atom. The third kappa shape index (κ3) is 3.00. The molecule has 0 amide bonds. The fourth-order valence-corrected chi connectivity index (χ4v) is 7.55. The number of ether oxygens (including phenoxy) is 1. The molecule has 0 aliphatic heterocycles. The van der Waals surface area contributed by atoms with Gasteiger partial charge in [0.15, 0.2) is 0 Å². The molecule has 30 heavy (non-hydrogen) atoms. The van der Waals surface area contributed by atoms with Gasteiger partial charge in [0.05, 0.1) is 19.3 Å². The van der Waals surface area contributed by atoms with Gasteiger partial charge in [-0.05, 0) is 91.4 Å². The van der Waals surface area contributed by atoms with E-state index in [-0.39, 0.29) is 23.0 Å². The lowest BCUT2D eigenvalue weighted by Crippen LogP contribution is -2.51. The Balaban J connectivity index is 1.44. The van der Waals surface area contributed by atoms with E-state index in [2.05, 4.69) is 38.1 Å². The van der Waals surface area contributed by atoms with Crippen LogP contribution < -0.4 is 4.74 Å². The molecule has 7 atom stereocenters. The zero-order chi connectivity index (χ0) is 21.1. The highest BCUT2D eigenvalue weighted by atomic mass is 16.5. The van der Waals surface area contributed by atoms with Crippen LogP contribution in [0.4, 0.5) is 0 Å². The number of methoxy groups -OCH3 is 1. The van der Waals surface area contributed by atoms with Crippen molar-refractivity contribution < 1.29 is 14.9 Å². The van der Waals surface area contributed by atoms with Crippen molar-refractivity contribution in [3.8, 4) is 5.75 Å². The first kappa shape index (κ1) is 20.3. The number of hydrogen-bond acceptors (Lipinski definition) is 3. The van der Waals surface area contributed by atoms with Crippen molar-refractivity contribution in [2.24, 2.45) is 28.6 Å². The lowest BCUT2D eigenvalue weighted by atomic mass is 9.48. The first-order valence-corrected chi connectivity index (χ1v) is 11.8. The molecule has 2 N–H and O–H groups in total. The minimum atomic E-state index is -0.350. The molecule has 3 fully saturated rings. The number of allylic oxidation sites excluding steroid dienone is 1. The molecule has 0 bridgehead atoms. The average Bonchev–Trinajstić information content (AvgIpc) is 3.00.